The van der Waals surface area contributed by atoms with Gasteiger partial charge in [-0.2, -0.15) is 0 Å². The van der Waals surface area contributed by atoms with Crippen LogP contribution in [0.3, 0.4) is 0 Å². The average Bonchev–Trinajstić information content (AvgIpc) is 2.57. The molecule has 1 heterocycles. The Balaban J connectivity index is 0.000000463. The molecule has 1 amide bonds. The first-order valence-corrected chi connectivity index (χ1v) is 7.54. The van der Waals surface area contributed by atoms with E-state index in [0.29, 0.717) is 13.0 Å². The van der Waals surface area contributed by atoms with E-state index in [1.54, 1.807) is 4.57 Å². The zero-order valence-corrected chi connectivity index (χ0v) is 13.6. The van der Waals surface area contributed by atoms with Crippen molar-refractivity contribution in [1.82, 2.24) is 14.9 Å². The number of fused-ring (bicyclic) bond motifs is 1. The highest BCUT2D eigenvalue weighted by Gasteiger charge is 2.15. The van der Waals surface area contributed by atoms with Crippen LogP contribution in [-0.4, -0.2) is 32.9 Å². The zero-order valence-electron chi connectivity index (χ0n) is 13.6. The molecule has 2 rings (SSSR count). The van der Waals surface area contributed by atoms with Gasteiger partial charge in [0.05, 0.1) is 11.0 Å². The van der Waals surface area contributed by atoms with Crippen LogP contribution in [0.1, 0.15) is 38.5 Å². The smallest absolute Gasteiger partial charge is 0.404 e. The zero-order chi connectivity index (χ0) is 17.4. The van der Waals surface area contributed by atoms with Crippen LogP contribution in [0.15, 0.2) is 29.1 Å². The second-order valence-electron chi connectivity index (χ2n) is 4.92. The molecule has 2 aromatic rings. The lowest BCUT2D eigenvalue weighted by Crippen LogP contribution is -2.27. The predicted molar refractivity (Wildman–Crippen MR) is 88.6 cm³/mol. The van der Waals surface area contributed by atoms with Crippen LogP contribution in [-0.2, 0) is 6.54 Å². The number of hydrogen-bond donors (Lipinski definition) is 3. The summed E-state index contributed by atoms with van der Waals surface area (Å²) in [5.41, 5.74) is 1.67. The number of nitrogens with zero attached hydrogens (tertiary/aromatic N) is 2. The summed E-state index contributed by atoms with van der Waals surface area (Å²) in [4.78, 5) is 25.9. The normalized spacial score (nSPS) is 11.5. The van der Waals surface area contributed by atoms with E-state index in [9.17, 15) is 14.7 Å². The molecule has 0 aliphatic rings. The summed E-state index contributed by atoms with van der Waals surface area (Å²) in [6.07, 6.45) is -0.419. The Morgan fingerprint density at radius 2 is 1.96 bits per heavy atom. The van der Waals surface area contributed by atoms with Gasteiger partial charge < -0.3 is 20.1 Å². The molecule has 1 unspecified atom stereocenters. The van der Waals surface area contributed by atoms with E-state index >= 15 is 0 Å². The summed E-state index contributed by atoms with van der Waals surface area (Å²) in [5, 5.41) is 19.4. The van der Waals surface area contributed by atoms with E-state index in [4.69, 9.17) is 5.11 Å². The van der Waals surface area contributed by atoms with E-state index in [0.717, 1.165) is 17.5 Å². The fraction of sp³-hybridized carbons (Fsp3) is 0.438. The fourth-order valence-corrected chi connectivity index (χ4v) is 2.07. The fourth-order valence-electron chi connectivity index (χ4n) is 2.07. The molecule has 0 spiro atoms. The van der Waals surface area contributed by atoms with E-state index in [-0.39, 0.29) is 11.3 Å². The highest BCUT2D eigenvalue weighted by atomic mass is 16.4. The van der Waals surface area contributed by atoms with Crippen molar-refractivity contribution < 1.29 is 15.0 Å². The number of aromatic nitrogens is 2. The van der Waals surface area contributed by atoms with Gasteiger partial charge in [-0.1, -0.05) is 26.0 Å². The van der Waals surface area contributed by atoms with Gasteiger partial charge in [0.1, 0.15) is 11.8 Å². The minimum absolute atomic E-state index is 0.176. The Morgan fingerprint density at radius 1 is 1.35 bits per heavy atom. The Bertz CT molecular complexity index is 712. The third kappa shape index (κ3) is 4.79. The SMILES string of the molecule is CCCn1c(=O)c(C(O)CC)nc2ccccc21.CNC(=O)O. The molecule has 0 saturated carbocycles. The number of nitrogens with one attached hydrogen (secondary N) is 1. The van der Waals surface area contributed by atoms with Gasteiger partial charge in [0.15, 0.2) is 0 Å². The molecule has 126 valence electrons. The molecule has 7 heteroatoms. The molecule has 23 heavy (non-hydrogen) atoms. The maximum absolute atomic E-state index is 12.3. The van der Waals surface area contributed by atoms with E-state index in [2.05, 4.69) is 4.98 Å². The lowest BCUT2D eigenvalue weighted by atomic mass is 10.2. The molecule has 1 atom stereocenters. The maximum Gasteiger partial charge on any atom is 0.404 e. The first kappa shape index (κ1) is 18.6. The molecule has 1 aromatic carbocycles. The first-order valence-electron chi connectivity index (χ1n) is 7.54. The van der Waals surface area contributed by atoms with Gasteiger partial charge in [-0.25, -0.2) is 9.78 Å². The van der Waals surface area contributed by atoms with Crippen molar-refractivity contribution in [3.05, 3.63) is 40.3 Å². The van der Waals surface area contributed by atoms with Gasteiger partial charge in [0.2, 0.25) is 0 Å². The quantitative estimate of drug-likeness (QED) is 0.800. The molecular formula is C16H23N3O4. The second kappa shape index (κ2) is 8.89. The summed E-state index contributed by atoms with van der Waals surface area (Å²) < 4.78 is 1.70. The van der Waals surface area contributed by atoms with Crippen LogP contribution in [0.2, 0.25) is 0 Å². The van der Waals surface area contributed by atoms with Crippen LogP contribution in [0.5, 0.6) is 0 Å². The van der Waals surface area contributed by atoms with Crippen molar-refractivity contribution >= 4 is 17.1 Å². The minimum Gasteiger partial charge on any atom is -0.465 e. The molecular weight excluding hydrogens is 298 g/mol. The van der Waals surface area contributed by atoms with E-state index in [1.165, 1.54) is 7.05 Å². The number of para-hydroxylation sites is 2. The van der Waals surface area contributed by atoms with Crippen LogP contribution in [0, 0.1) is 0 Å². The summed E-state index contributed by atoms with van der Waals surface area (Å²) >= 11 is 0. The van der Waals surface area contributed by atoms with Crippen LogP contribution < -0.4 is 10.9 Å². The van der Waals surface area contributed by atoms with Crippen molar-refractivity contribution in [2.24, 2.45) is 0 Å². The highest BCUT2D eigenvalue weighted by Crippen LogP contribution is 2.15. The van der Waals surface area contributed by atoms with E-state index in [1.807, 2.05) is 43.4 Å². The van der Waals surface area contributed by atoms with Crippen molar-refractivity contribution in [3.8, 4) is 0 Å². The Labute approximate surface area is 134 Å². The van der Waals surface area contributed by atoms with Gasteiger partial charge >= 0.3 is 6.09 Å². The topological polar surface area (TPSA) is 104 Å². The molecule has 0 radical (unpaired) electrons. The number of carboxylic acid groups (broad SMARTS) is 1. The van der Waals surface area contributed by atoms with Crippen LogP contribution in [0.4, 0.5) is 4.79 Å². The van der Waals surface area contributed by atoms with Crippen molar-refractivity contribution in [1.29, 1.82) is 0 Å². The van der Waals surface area contributed by atoms with Crippen LogP contribution in [0.25, 0.3) is 11.0 Å². The third-order valence-corrected chi connectivity index (χ3v) is 3.24. The number of amides is 1. The number of rotatable bonds is 4. The lowest BCUT2D eigenvalue weighted by molar-refractivity contribution is 0.167. The number of aliphatic hydroxyl groups excluding tert-OH is 1. The summed E-state index contributed by atoms with van der Waals surface area (Å²) in [6.45, 7) is 4.51. The summed E-state index contributed by atoms with van der Waals surface area (Å²) in [5.74, 6) is 0. The molecule has 7 nitrogen and oxygen atoms in total. The maximum atomic E-state index is 12.3. The van der Waals surface area contributed by atoms with Crippen molar-refractivity contribution in [3.63, 3.8) is 0 Å². The molecule has 0 bridgehead atoms. The second-order valence-corrected chi connectivity index (χ2v) is 4.92. The van der Waals surface area contributed by atoms with Gasteiger partial charge in [-0.3, -0.25) is 4.79 Å². The standard InChI is InChI=1S/C14H18N2O2.C2H5NO2/c1-3-9-16-11-8-6-5-7-10(11)15-13(14(16)18)12(17)4-2;1-3-2(4)5/h5-8,12,17H,3-4,9H2,1-2H3;3H,1H3,(H,4,5). The van der Waals surface area contributed by atoms with Crippen molar-refractivity contribution in [2.75, 3.05) is 7.05 Å². The monoisotopic (exact) mass is 321 g/mol. The van der Waals surface area contributed by atoms with Gasteiger partial charge in [-0.05, 0) is 25.0 Å². The molecule has 0 aliphatic carbocycles. The minimum atomic E-state index is -0.995. The number of aliphatic hydroxyl groups is 1. The summed E-state index contributed by atoms with van der Waals surface area (Å²) in [7, 11) is 1.35. The Hall–Kier alpha value is -2.41. The van der Waals surface area contributed by atoms with Crippen molar-refractivity contribution in [2.45, 2.75) is 39.3 Å². The Morgan fingerprint density at radius 3 is 2.48 bits per heavy atom. The number of hydrogen-bond acceptors (Lipinski definition) is 4. The number of carbonyl (C=O) groups is 1. The van der Waals surface area contributed by atoms with E-state index < -0.39 is 12.2 Å². The number of benzene rings is 1. The third-order valence-electron chi connectivity index (χ3n) is 3.24. The first-order chi connectivity index (χ1) is 11.0. The number of aryl methyl sites for hydroxylation is 1. The molecule has 0 aliphatic heterocycles. The predicted octanol–water partition coefficient (Wildman–Crippen LogP) is 2.13. The largest absolute Gasteiger partial charge is 0.465 e. The molecule has 1 aromatic heterocycles. The van der Waals surface area contributed by atoms with Crippen LogP contribution >= 0.6 is 0 Å². The van der Waals surface area contributed by atoms with Gasteiger partial charge in [0, 0.05) is 13.6 Å². The molecule has 3 N–H and O–H groups in total. The van der Waals surface area contributed by atoms with Gasteiger partial charge in [-0.15, -0.1) is 0 Å². The highest BCUT2D eigenvalue weighted by molar-refractivity contribution is 5.74. The Kier molecular flexibility index (Phi) is 7.21. The summed E-state index contributed by atoms with van der Waals surface area (Å²) in [6, 6.07) is 7.54. The molecule has 0 fully saturated rings. The lowest BCUT2D eigenvalue weighted by Gasteiger charge is -2.13. The average molecular weight is 321 g/mol. The van der Waals surface area contributed by atoms with Gasteiger partial charge in [0.25, 0.3) is 5.56 Å². The molecule has 0 saturated heterocycles.